The SMILES string of the molecule is COC(=O)C(C)c1ccc(/C=C2/CCCCC2O)cc1. The van der Waals surface area contributed by atoms with Gasteiger partial charge in [-0.1, -0.05) is 36.8 Å². The minimum atomic E-state index is -0.294. The molecule has 1 fully saturated rings. The van der Waals surface area contributed by atoms with E-state index in [-0.39, 0.29) is 18.0 Å². The van der Waals surface area contributed by atoms with Crippen LogP contribution in [0, 0.1) is 0 Å². The van der Waals surface area contributed by atoms with Gasteiger partial charge in [-0.05, 0) is 42.9 Å². The van der Waals surface area contributed by atoms with E-state index in [9.17, 15) is 9.90 Å². The van der Waals surface area contributed by atoms with Crippen LogP contribution in [0.5, 0.6) is 0 Å². The van der Waals surface area contributed by atoms with Crippen LogP contribution in [0.3, 0.4) is 0 Å². The summed E-state index contributed by atoms with van der Waals surface area (Å²) in [5.74, 6) is -0.471. The van der Waals surface area contributed by atoms with Crippen molar-refractivity contribution in [3.05, 3.63) is 41.0 Å². The van der Waals surface area contributed by atoms with Crippen LogP contribution in [-0.4, -0.2) is 24.3 Å². The molecule has 0 amide bonds. The molecular weight excluding hydrogens is 252 g/mol. The number of aliphatic hydroxyl groups excluding tert-OH is 1. The molecule has 2 rings (SSSR count). The lowest BCUT2D eigenvalue weighted by molar-refractivity contribution is -0.141. The predicted octanol–water partition coefficient (Wildman–Crippen LogP) is 3.28. The molecule has 20 heavy (non-hydrogen) atoms. The van der Waals surface area contributed by atoms with Crippen LogP contribution in [0.4, 0.5) is 0 Å². The van der Waals surface area contributed by atoms with Crippen LogP contribution in [0.25, 0.3) is 6.08 Å². The zero-order valence-corrected chi connectivity index (χ0v) is 12.1. The molecule has 2 unspecified atom stereocenters. The molecule has 0 aliphatic heterocycles. The van der Waals surface area contributed by atoms with Crippen molar-refractivity contribution in [1.29, 1.82) is 0 Å². The molecule has 0 radical (unpaired) electrons. The van der Waals surface area contributed by atoms with Crippen molar-refractivity contribution in [2.24, 2.45) is 0 Å². The van der Waals surface area contributed by atoms with Gasteiger partial charge in [0.15, 0.2) is 0 Å². The number of hydrogen-bond acceptors (Lipinski definition) is 3. The van der Waals surface area contributed by atoms with Gasteiger partial charge in [-0.15, -0.1) is 0 Å². The largest absolute Gasteiger partial charge is 0.469 e. The van der Waals surface area contributed by atoms with Crippen molar-refractivity contribution in [3.8, 4) is 0 Å². The number of rotatable bonds is 3. The molecular formula is C17H22O3. The van der Waals surface area contributed by atoms with Crippen molar-refractivity contribution in [1.82, 2.24) is 0 Å². The van der Waals surface area contributed by atoms with E-state index in [0.29, 0.717) is 0 Å². The molecule has 0 spiro atoms. The Labute approximate surface area is 120 Å². The molecule has 2 atom stereocenters. The molecule has 0 saturated heterocycles. The molecule has 0 heterocycles. The number of methoxy groups -OCH3 is 1. The highest BCUT2D eigenvalue weighted by Crippen LogP contribution is 2.26. The maximum absolute atomic E-state index is 11.5. The number of esters is 1. The molecule has 108 valence electrons. The Morgan fingerprint density at radius 3 is 2.65 bits per heavy atom. The third kappa shape index (κ3) is 3.48. The van der Waals surface area contributed by atoms with Gasteiger partial charge in [0.1, 0.15) is 0 Å². The van der Waals surface area contributed by atoms with Gasteiger partial charge in [0.25, 0.3) is 0 Å². The number of carbonyl (C=O) groups is 1. The average Bonchev–Trinajstić information content (AvgIpc) is 2.49. The highest BCUT2D eigenvalue weighted by Gasteiger charge is 2.17. The Bertz CT molecular complexity index is 487. The van der Waals surface area contributed by atoms with Crippen LogP contribution in [0.2, 0.25) is 0 Å². The Balaban J connectivity index is 2.12. The number of ether oxygens (including phenoxy) is 1. The van der Waals surface area contributed by atoms with Crippen molar-refractivity contribution < 1.29 is 14.6 Å². The monoisotopic (exact) mass is 274 g/mol. The summed E-state index contributed by atoms with van der Waals surface area (Å²) < 4.78 is 4.75. The van der Waals surface area contributed by atoms with E-state index in [0.717, 1.165) is 42.4 Å². The number of carbonyl (C=O) groups excluding carboxylic acids is 1. The third-order valence-corrected chi connectivity index (χ3v) is 3.96. The summed E-state index contributed by atoms with van der Waals surface area (Å²) in [5.41, 5.74) is 3.13. The Kier molecular flexibility index (Phi) is 4.96. The lowest BCUT2D eigenvalue weighted by Crippen LogP contribution is -2.14. The van der Waals surface area contributed by atoms with E-state index < -0.39 is 0 Å². The van der Waals surface area contributed by atoms with Crippen molar-refractivity contribution in [3.63, 3.8) is 0 Å². The molecule has 1 aromatic rings. The van der Waals surface area contributed by atoms with E-state index in [2.05, 4.69) is 6.08 Å². The first kappa shape index (κ1) is 14.8. The summed E-state index contributed by atoms with van der Waals surface area (Å²) in [7, 11) is 1.40. The van der Waals surface area contributed by atoms with Gasteiger partial charge in [0.05, 0.1) is 19.1 Å². The van der Waals surface area contributed by atoms with Gasteiger partial charge >= 0.3 is 5.97 Å². The predicted molar refractivity (Wildman–Crippen MR) is 79.3 cm³/mol. The van der Waals surface area contributed by atoms with E-state index in [1.165, 1.54) is 7.11 Å². The molecule has 3 nitrogen and oxygen atoms in total. The molecule has 3 heteroatoms. The molecule has 1 N–H and O–H groups in total. The Hall–Kier alpha value is -1.61. The summed E-state index contributed by atoms with van der Waals surface area (Å²) in [6.45, 7) is 1.84. The van der Waals surface area contributed by atoms with Crippen LogP contribution >= 0.6 is 0 Å². The maximum Gasteiger partial charge on any atom is 0.312 e. The van der Waals surface area contributed by atoms with E-state index in [1.54, 1.807) is 0 Å². The molecule has 1 aliphatic rings. The fourth-order valence-electron chi connectivity index (χ4n) is 2.60. The van der Waals surface area contributed by atoms with Gasteiger partial charge in [-0.25, -0.2) is 0 Å². The van der Waals surface area contributed by atoms with Gasteiger partial charge < -0.3 is 9.84 Å². The summed E-state index contributed by atoms with van der Waals surface area (Å²) in [5, 5.41) is 9.95. The smallest absolute Gasteiger partial charge is 0.312 e. The van der Waals surface area contributed by atoms with E-state index >= 15 is 0 Å². The summed E-state index contributed by atoms with van der Waals surface area (Å²) >= 11 is 0. The molecule has 1 saturated carbocycles. The zero-order chi connectivity index (χ0) is 14.5. The van der Waals surface area contributed by atoms with Crippen LogP contribution < -0.4 is 0 Å². The first-order valence-electron chi connectivity index (χ1n) is 7.18. The van der Waals surface area contributed by atoms with Crippen molar-refractivity contribution >= 4 is 12.0 Å². The molecule has 1 aromatic carbocycles. The Morgan fingerprint density at radius 2 is 2.05 bits per heavy atom. The lowest BCUT2D eigenvalue weighted by Gasteiger charge is -2.20. The molecule has 0 aromatic heterocycles. The maximum atomic E-state index is 11.5. The van der Waals surface area contributed by atoms with Gasteiger partial charge in [0, 0.05) is 0 Å². The first-order valence-corrected chi connectivity index (χ1v) is 7.18. The third-order valence-electron chi connectivity index (χ3n) is 3.96. The van der Waals surface area contributed by atoms with Crippen LogP contribution in [-0.2, 0) is 9.53 Å². The average molecular weight is 274 g/mol. The topological polar surface area (TPSA) is 46.5 Å². The van der Waals surface area contributed by atoms with Gasteiger partial charge in [0.2, 0.25) is 0 Å². The van der Waals surface area contributed by atoms with Crippen molar-refractivity contribution in [2.75, 3.05) is 7.11 Å². The second kappa shape index (κ2) is 6.71. The quantitative estimate of drug-likeness (QED) is 0.860. The highest BCUT2D eigenvalue weighted by atomic mass is 16.5. The summed E-state index contributed by atoms with van der Waals surface area (Å²) in [6, 6.07) is 7.87. The first-order chi connectivity index (χ1) is 9.61. The van der Waals surface area contributed by atoms with Crippen LogP contribution in [0.1, 0.15) is 49.7 Å². The van der Waals surface area contributed by atoms with E-state index in [4.69, 9.17) is 4.74 Å². The van der Waals surface area contributed by atoms with Crippen molar-refractivity contribution in [2.45, 2.75) is 44.6 Å². The second-order valence-corrected chi connectivity index (χ2v) is 5.39. The Morgan fingerprint density at radius 1 is 1.35 bits per heavy atom. The zero-order valence-electron chi connectivity index (χ0n) is 12.1. The minimum Gasteiger partial charge on any atom is -0.469 e. The normalized spacial score (nSPS) is 22.6. The van der Waals surface area contributed by atoms with Gasteiger partial charge in [-0.3, -0.25) is 4.79 Å². The van der Waals surface area contributed by atoms with Gasteiger partial charge in [-0.2, -0.15) is 0 Å². The highest BCUT2D eigenvalue weighted by molar-refractivity contribution is 5.77. The fourth-order valence-corrected chi connectivity index (χ4v) is 2.60. The number of aliphatic hydroxyl groups is 1. The molecule has 1 aliphatic carbocycles. The fraction of sp³-hybridized carbons (Fsp3) is 0.471. The van der Waals surface area contributed by atoms with E-state index in [1.807, 2.05) is 31.2 Å². The standard InChI is InChI=1S/C17H22O3/c1-12(17(19)20-2)14-9-7-13(8-10-14)11-15-5-3-4-6-16(15)18/h7-12,16,18H,3-6H2,1-2H3/b15-11-. The minimum absolute atomic E-state index is 0.223. The number of hydrogen-bond donors (Lipinski definition) is 1. The van der Waals surface area contributed by atoms with Crippen LogP contribution in [0.15, 0.2) is 29.8 Å². The second-order valence-electron chi connectivity index (χ2n) is 5.39. The molecule has 0 bridgehead atoms. The summed E-state index contributed by atoms with van der Waals surface area (Å²) in [6.07, 6.45) is 5.87. The number of benzene rings is 1. The summed E-state index contributed by atoms with van der Waals surface area (Å²) in [4.78, 5) is 11.5. The lowest BCUT2D eigenvalue weighted by atomic mass is 9.90.